The van der Waals surface area contributed by atoms with Gasteiger partial charge in [-0.3, -0.25) is 9.52 Å². The van der Waals surface area contributed by atoms with Crippen LogP contribution in [0.2, 0.25) is 5.02 Å². The maximum absolute atomic E-state index is 12.7. The molecule has 0 fully saturated rings. The molecule has 30 heavy (non-hydrogen) atoms. The molecule has 1 heterocycles. The van der Waals surface area contributed by atoms with Crippen molar-refractivity contribution < 1.29 is 13.2 Å². The van der Waals surface area contributed by atoms with Gasteiger partial charge in [0.05, 0.1) is 17.1 Å². The number of rotatable bonds is 6. The first-order valence-corrected chi connectivity index (χ1v) is 11.9. The molecule has 0 saturated heterocycles. The van der Waals surface area contributed by atoms with Crippen LogP contribution in [0.1, 0.15) is 41.8 Å². The minimum absolute atomic E-state index is 0.00522. The van der Waals surface area contributed by atoms with Crippen molar-refractivity contribution in [2.24, 2.45) is 0 Å². The lowest BCUT2D eigenvalue weighted by Crippen LogP contribution is -2.23. The summed E-state index contributed by atoms with van der Waals surface area (Å²) >= 11 is 7.31. The van der Waals surface area contributed by atoms with E-state index in [2.05, 4.69) is 35.8 Å². The number of sulfonamides is 1. The molecule has 0 aliphatic carbocycles. The molecule has 1 aromatic heterocycles. The average molecular weight is 464 g/mol. The molecule has 1 amide bonds. The number of benzene rings is 2. The number of carbonyl (C=O) groups is 1. The maximum Gasteiger partial charge on any atom is 0.261 e. The minimum Gasteiger partial charge on any atom is -0.346 e. The van der Waals surface area contributed by atoms with Gasteiger partial charge in [0.15, 0.2) is 0 Å². The van der Waals surface area contributed by atoms with Crippen molar-refractivity contribution in [3.8, 4) is 0 Å². The van der Waals surface area contributed by atoms with Gasteiger partial charge in [0.1, 0.15) is 5.01 Å². The predicted molar refractivity (Wildman–Crippen MR) is 121 cm³/mol. The second-order valence-electron chi connectivity index (χ2n) is 7.70. The first-order chi connectivity index (χ1) is 14.0. The molecular weight excluding hydrogens is 442 g/mol. The molecule has 0 atom stereocenters. The van der Waals surface area contributed by atoms with Gasteiger partial charge in [-0.05, 0) is 42.5 Å². The van der Waals surface area contributed by atoms with Crippen molar-refractivity contribution >= 4 is 44.6 Å². The van der Waals surface area contributed by atoms with Crippen LogP contribution in [-0.2, 0) is 22.0 Å². The van der Waals surface area contributed by atoms with Gasteiger partial charge in [0, 0.05) is 27.1 Å². The quantitative estimate of drug-likeness (QED) is 0.548. The molecule has 6 nitrogen and oxygen atoms in total. The number of hydrogen-bond acceptors (Lipinski definition) is 5. The Morgan fingerprint density at radius 1 is 1.13 bits per heavy atom. The summed E-state index contributed by atoms with van der Waals surface area (Å²) in [5.74, 6) is -0.369. The second kappa shape index (κ2) is 8.75. The Labute approximate surface area is 185 Å². The van der Waals surface area contributed by atoms with Gasteiger partial charge >= 0.3 is 0 Å². The zero-order valence-electron chi connectivity index (χ0n) is 16.8. The third-order valence-corrected chi connectivity index (χ3v) is 6.70. The number of hydrogen-bond donors (Lipinski definition) is 2. The van der Waals surface area contributed by atoms with Crippen molar-refractivity contribution in [1.29, 1.82) is 0 Å². The van der Waals surface area contributed by atoms with Crippen molar-refractivity contribution in [3.63, 3.8) is 0 Å². The van der Waals surface area contributed by atoms with E-state index >= 15 is 0 Å². The highest BCUT2D eigenvalue weighted by Gasteiger charge is 2.19. The smallest absolute Gasteiger partial charge is 0.261 e. The lowest BCUT2D eigenvalue weighted by atomic mass is 9.93. The van der Waals surface area contributed by atoms with E-state index in [0.717, 1.165) is 10.7 Å². The van der Waals surface area contributed by atoms with Crippen LogP contribution in [0.4, 0.5) is 5.69 Å². The van der Waals surface area contributed by atoms with Crippen molar-refractivity contribution in [3.05, 3.63) is 75.2 Å². The summed E-state index contributed by atoms with van der Waals surface area (Å²) in [6.07, 6.45) is 0. The maximum atomic E-state index is 12.7. The molecule has 9 heteroatoms. The van der Waals surface area contributed by atoms with E-state index < -0.39 is 10.0 Å². The first kappa shape index (κ1) is 22.3. The lowest BCUT2D eigenvalue weighted by Gasteiger charge is -2.14. The number of thiazole rings is 1. The van der Waals surface area contributed by atoms with Crippen molar-refractivity contribution in [2.75, 3.05) is 4.72 Å². The molecule has 2 N–H and O–H groups in total. The van der Waals surface area contributed by atoms with E-state index in [-0.39, 0.29) is 28.3 Å². The summed E-state index contributed by atoms with van der Waals surface area (Å²) in [5.41, 5.74) is 1.55. The summed E-state index contributed by atoms with van der Waals surface area (Å²) in [4.78, 5) is 17.1. The van der Waals surface area contributed by atoms with E-state index in [1.54, 1.807) is 30.3 Å². The van der Waals surface area contributed by atoms with Crippen LogP contribution < -0.4 is 10.0 Å². The molecule has 3 aromatic rings. The van der Waals surface area contributed by atoms with E-state index in [9.17, 15) is 13.2 Å². The first-order valence-electron chi connectivity index (χ1n) is 9.16. The minimum atomic E-state index is -3.85. The summed E-state index contributed by atoms with van der Waals surface area (Å²) in [6, 6.07) is 12.2. The Balaban J connectivity index is 1.70. The molecule has 0 radical (unpaired) electrons. The number of anilines is 1. The van der Waals surface area contributed by atoms with E-state index in [1.807, 2.05) is 5.38 Å². The fourth-order valence-corrected chi connectivity index (χ4v) is 4.72. The van der Waals surface area contributed by atoms with Crippen LogP contribution in [0.25, 0.3) is 0 Å². The molecule has 158 valence electrons. The van der Waals surface area contributed by atoms with Crippen LogP contribution in [0, 0.1) is 0 Å². The van der Waals surface area contributed by atoms with Crippen LogP contribution >= 0.6 is 22.9 Å². The molecule has 2 aromatic carbocycles. The third kappa shape index (κ3) is 5.59. The third-order valence-electron chi connectivity index (χ3n) is 4.22. The van der Waals surface area contributed by atoms with Gasteiger partial charge in [0.2, 0.25) is 0 Å². The highest BCUT2D eigenvalue weighted by molar-refractivity contribution is 7.92. The summed E-state index contributed by atoms with van der Waals surface area (Å²) in [7, 11) is -3.85. The van der Waals surface area contributed by atoms with E-state index in [1.165, 1.54) is 29.5 Å². The van der Waals surface area contributed by atoms with Crippen molar-refractivity contribution in [1.82, 2.24) is 10.3 Å². The molecule has 0 aliphatic rings. The Kier molecular flexibility index (Phi) is 6.50. The van der Waals surface area contributed by atoms with Gasteiger partial charge in [-0.15, -0.1) is 11.3 Å². The number of aromatic nitrogens is 1. The van der Waals surface area contributed by atoms with Crippen LogP contribution in [0.5, 0.6) is 0 Å². The number of amides is 1. The highest BCUT2D eigenvalue weighted by Crippen LogP contribution is 2.24. The van der Waals surface area contributed by atoms with Gasteiger partial charge < -0.3 is 5.32 Å². The van der Waals surface area contributed by atoms with Crippen LogP contribution in [0.3, 0.4) is 0 Å². The Morgan fingerprint density at radius 3 is 2.47 bits per heavy atom. The zero-order valence-corrected chi connectivity index (χ0v) is 19.2. The molecule has 0 bridgehead atoms. The number of nitrogens with zero attached hydrogens (tertiary/aromatic N) is 1. The normalized spacial score (nSPS) is 11.9. The standard InChI is InChI=1S/C21H22ClN3O3S2/c1-21(2,3)18-13-29-19(24-18)12-23-20(26)14-5-4-6-17(11-14)30(27,28)25-16-9-7-15(22)8-10-16/h4-11,13,25H,12H2,1-3H3,(H,23,26). The average Bonchev–Trinajstić information content (AvgIpc) is 3.17. The van der Waals surface area contributed by atoms with Crippen LogP contribution in [-0.4, -0.2) is 19.3 Å². The molecule has 0 unspecified atom stereocenters. The fourth-order valence-electron chi connectivity index (χ4n) is 2.53. The second-order valence-corrected chi connectivity index (χ2v) is 10.8. The summed E-state index contributed by atoms with van der Waals surface area (Å²) in [6.45, 7) is 6.51. The summed E-state index contributed by atoms with van der Waals surface area (Å²) in [5, 5.41) is 6.08. The summed E-state index contributed by atoms with van der Waals surface area (Å²) < 4.78 is 27.8. The van der Waals surface area contributed by atoms with Crippen LogP contribution in [0.15, 0.2) is 58.8 Å². The van der Waals surface area contributed by atoms with Crippen molar-refractivity contribution in [2.45, 2.75) is 37.6 Å². The van der Waals surface area contributed by atoms with Gasteiger partial charge in [0.25, 0.3) is 15.9 Å². The Hall–Kier alpha value is -2.42. The monoisotopic (exact) mass is 463 g/mol. The number of carbonyl (C=O) groups excluding carboxylic acids is 1. The number of nitrogens with one attached hydrogen (secondary N) is 2. The topological polar surface area (TPSA) is 88.2 Å². The van der Waals surface area contributed by atoms with Gasteiger partial charge in [-0.2, -0.15) is 0 Å². The predicted octanol–water partition coefficient (Wildman–Crippen LogP) is 4.82. The molecule has 0 saturated carbocycles. The largest absolute Gasteiger partial charge is 0.346 e. The van der Waals surface area contributed by atoms with E-state index in [4.69, 9.17) is 11.6 Å². The number of halogens is 1. The van der Waals surface area contributed by atoms with Gasteiger partial charge in [-0.1, -0.05) is 38.4 Å². The molecule has 3 rings (SSSR count). The van der Waals surface area contributed by atoms with E-state index in [0.29, 0.717) is 10.7 Å². The Morgan fingerprint density at radius 2 is 1.83 bits per heavy atom. The molecule has 0 spiro atoms. The zero-order chi connectivity index (χ0) is 21.9. The molecular formula is C21H22ClN3O3S2. The lowest BCUT2D eigenvalue weighted by molar-refractivity contribution is 0.0950. The Bertz CT molecular complexity index is 1150. The fraction of sp³-hybridized carbons (Fsp3) is 0.238. The molecule has 0 aliphatic heterocycles. The van der Waals surface area contributed by atoms with Gasteiger partial charge in [-0.25, -0.2) is 13.4 Å². The highest BCUT2D eigenvalue weighted by atomic mass is 35.5. The SMILES string of the molecule is CC(C)(C)c1csc(CNC(=O)c2cccc(S(=O)(=O)Nc3ccc(Cl)cc3)c2)n1.